The first-order valence-corrected chi connectivity index (χ1v) is 7.62. The molecule has 5 heteroatoms. The van der Waals surface area contributed by atoms with Crippen LogP contribution in [0.1, 0.15) is 54.8 Å². The lowest BCUT2D eigenvalue weighted by atomic mass is 9.86. The molecule has 3 unspecified atom stereocenters. The summed E-state index contributed by atoms with van der Waals surface area (Å²) in [5, 5.41) is 4.19. The molecule has 2 aromatic rings. The predicted octanol–water partition coefficient (Wildman–Crippen LogP) is 2.58. The number of para-hydroxylation sites is 1. The summed E-state index contributed by atoms with van der Waals surface area (Å²) >= 11 is 0. The Morgan fingerprint density at radius 3 is 3.00 bits per heavy atom. The van der Waals surface area contributed by atoms with Crippen LogP contribution in [0.4, 0.5) is 0 Å². The minimum Gasteiger partial charge on any atom is -0.492 e. The fraction of sp³-hybridized carbons (Fsp3) is 0.500. The van der Waals surface area contributed by atoms with Crippen molar-refractivity contribution in [1.82, 2.24) is 10.1 Å². The number of fused-ring (bicyclic) bond motifs is 1. The molecule has 1 aliphatic carbocycles. The molecule has 0 amide bonds. The minimum atomic E-state index is 0.0796. The Morgan fingerprint density at radius 1 is 1.19 bits per heavy atom. The summed E-state index contributed by atoms with van der Waals surface area (Å²) in [7, 11) is 0. The molecule has 110 valence electrons. The van der Waals surface area contributed by atoms with Crippen LogP contribution in [0, 0.1) is 0 Å². The third-order valence-electron chi connectivity index (χ3n) is 4.53. The molecule has 21 heavy (non-hydrogen) atoms. The van der Waals surface area contributed by atoms with Gasteiger partial charge in [-0.05, 0) is 25.3 Å². The smallest absolute Gasteiger partial charge is 0.229 e. The normalized spacial score (nSPS) is 28.1. The van der Waals surface area contributed by atoms with E-state index in [1.54, 1.807) is 0 Å². The first kappa shape index (κ1) is 12.8. The fourth-order valence-corrected chi connectivity index (χ4v) is 3.38. The van der Waals surface area contributed by atoms with Crippen LogP contribution in [0.5, 0.6) is 5.75 Å². The molecule has 0 saturated heterocycles. The van der Waals surface area contributed by atoms with Gasteiger partial charge < -0.3 is 15.0 Å². The highest BCUT2D eigenvalue weighted by atomic mass is 16.5. The maximum absolute atomic E-state index is 6.04. The Bertz CT molecular complexity index is 640. The van der Waals surface area contributed by atoms with Crippen molar-refractivity contribution in [2.45, 2.75) is 43.6 Å². The van der Waals surface area contributed by atoms with Crippen molar-refractivity contribution < 1.29 is 9.26 Å². The lowest BCUT2D eigenvalue weighted by Gasteiger charge is -2.23. The molecular formula is C16H19N3O2. The second-order valence-electron chi connectivity index (χ2n) is 6.02. The van der Waals surface area contributed by atoms with Gasteiger partial charge in [0.15, 0.2) is 5.82 Å². The molecule has 0 radical (unpaired) electrons. The Hall–Kier alpha value is -1.88. The van der Waals surface area contributed by atoms with Gasteiger partial charge in [0, 0.05) is 17.5 Å². The van der Waals surface area contributed by atoms with Crippen molar-refractivity contribution >= 4 is 0 Å². The van der Waals surface area contributed by atoms with Gasteiger partial charge >= 0.3 is 0 Å². The maximum Gasteiger partial charge on any atom is 0.229 e. The van der Waals surface area contributed by atoms with Gasteiger partial charge in [-0.2, -0.15) is 4.98 Å². The molecule has 2 aliphatic rings. The second kappa shape index (κ2) is 5.15. The van der Waals surface area contributed by atoms with Crippen molar-refractivity contribution in [3.05, 3.63) is 41.5 Å². The van der Waals surface area contributed by atoms with Gasteiger partial charge in [0.1, 0.15) is 12.4 Å². The molecule has 2 heterocycles. The third-order valence-corrected chi connectivity index (χ3v) is 4.53. The largest absolute Gasteiger partial charge is 0.492 e. The summed E-state index contributed by atoms with van der Waals surface area (Å²) in [6.07, 6.45) is 4.27. The SMILES string of the molecule is NC1CCCC(c2nc(C3COc4ccccc43)no2)C1. The number of hydrogen-bond acceptors (Lipinski definition) is 5. The van der Waals surface area contributed by atoms with E-state index in [4.69, 9.17) is 15.0 Å². The number of ether oxygens (including phenoxy) is 1. The number of aromatic nitrogens is 2. The zero-order valence-electron chi connectivity index (χ0n) is 11.9. The van der Waals surface area contributed by atoms with Crippen molar-refractivity contribution in [3.8, 4) is 5.75 Å². The molecule has 2 N–H and O–H groups in total. The highest BCUT2D eigenvalue weighted by molar-refractivity contribution is 5.42. The lowest BCUT2D eigenvalue weighted by Crippen LogP contribution is -2.27. The van der Waals surface area contributed by atoms with Crippen molar-refractivity contribution in [1.29, 1.82) is 0 Å². The van der Waals surface area contributed by atoms with Gasteiger partial charge in [0.2, 0.25) is 5.89 Å². The van der Waals surface area contributed by atoms with Crippen molar-refractivity contribution in [2.75, 3.05) is 6.61 Å². The van der Waals surface area contributed by atoms with E-state index in [1.165, 1.54) is 0 Å². The summed E-state index contributed by atoms with van der Waals surface area (Å²) in [6.45, 7) is 0.586. The molecule has 5 nitrogen and oxygen atoms in total. The predicted molar refractivity (Wildman–Crippen MR) is 77.3 cm³/mol. The van der Waals surface area contributed by atoms with Crippen molar-refractivity contribution in [3.63, 3.8) is 0 Å². The highest BCUT2D eigenvalue weighted by Gasteiger charge is 2.31. The number of benzene rings is 1. The van der Waals surface area contributed by atoms with Crippen LogP contribution in [0.3, 0.4) is 0 Å². The van der Waals surface area contributed by atoms with E-state index in [2.05, 4.69) is 16.2 Å². The average Bonchev–Trinajstić information content (AvgIpc) is 3.14. The Labute approximate surface area is 123 Å². The molecule has 0 bridgehead atoms. The van der Waals surface area contributed by atoms with E-state index in [0.717, 1.165) is 48.7 Å². The van der Waals surface area contributed by atoms with Crippen LogP contribution in [-0.2, 0) is 0 Å². The van der Waals surface area contributed by atoms with Gasteiger partial charge in [-0.3, -0.25) is 0 Å². The van der Waals surface area contributed by atoms with E-state index in [0.29, 0.717) is 12.5 Å². The van der Waals surface area contributed by atoms with Crippen molar-refractivity contribution in [2.24, 2.45) is 5.73 Å². The summed E-state index contributed by atoms with van der Waals surface area (Å²) in [5.41, 5.74) is 7.19. The number of nitrogens with two attached hydrogens (primary N) is 1. The van der Waals surface area contributed by atoms with Crippen LogP contribution in [0.2, 0.25) is 0 Å². The Kier molecular flexibility index (Phi) is 3.15. The molecular weight excluding hydrogens is 266 g/mol. The number of nitrogens with zero attached hydrogens (tertiary/aromatic N) is 2. The first-order valence-electron chi connectivity index (χ1n) is 7.62. The monoisotopic (exact) mass is 285 g/mol. The van der Waals surface area contributed by atoms with Crippen LogP contribution in [0.25, 0.3) is 0 Å². The Morgan fingerprint density at radius 2 is 2.10 bits per heavy atom. The highest BCUT2D eigenvalue weighted by Crippen LogP contribution is 2.38. The zero-order chi connectivity index (χ0) is 14.2. The van der Waals surface area contributed by atoms with E-state index in [-0.39, 0.29) is 12.0 Å². The van der Waals surface area contributed by atoms with Crippen LogP contribution in [0.15, 0.2) is 28.8 Å². The van der Waals surface area contributed by atoms with Gasteiger partial charge in [-0.25, -0.2) is 0 Å². The molecule has 4 rings (SSSR count). The van der Waals surface area contributed by atoms with E-state index in [9.17, 15) is 0 Å². The lowest BCUT2D eigenvalue weighted by molar-refractivity contribution is 0.295. The molecule has 3 atom stereocenters. The first-order chi connectivity index (χ1) is 10.3. The van der Waals surface area contributed by atoms with E-state index < -0.39 is 0 Å². The second-order valence-corrected chi connectivity index (χ2v) is 6.02. The topological polar surface area (TPSA) is 74.2 Å². The molecule has 1 aliphatic heterocycles. The fourth-order valence-electron chi connectivity index (χ4n) is 3.38. The van der Waals surface area contributed by atoms with Crippen LogP contribution >= 0.6 is 0 Å². The summed E-state index contributed by atoms with van der Waals surface area (Å²) < 4.78 is 11.2. The standard InChI is InChI=1S/C16H19N3O2/c17-11-5-3-4-10(8-11)16-18-15(19-21-16)13-9-20-14-7-2-1-6-12(13)14/h1-2,6-7,10-11,13H,3-5,8-9,17H2. The number of hydrogen-bond donors (Lipinski definition) is 1. The minimum absolute atomic E-state index is 0.0796. The number of rotatable bonds is 2. The molecule has 1 fully saturated rings. The molecule has 1 aromatic carbocycles. The zero-order valence-corrected chi connectivity index (χ0v) is 11.9. The summed E-state index contributed by atoms with van der Waals surface area (Å²) in [6, 6.07) is 8.30. The average molecular weight is 285 g/mol. The maximum atomic E-state index is 6.04. The molecule has 0 spiro atoms. The summed E-state index contributed by atoms with van der Waals surface area (Å²) in [4.78, 5) is 4.64. The summed E-state index contributed by atoms with van der Waals surface area (Å²) in [5.74, 6) is 2.79. The van der Waals surface area contributed by atoms with E-state index >= 15 is 0 Å². The van der Waals surface area contributed by atoms with Gasteiger partial charge in [0.05, 0.1) is 5.92 Å². The molecule has 1 saturated carbocycles. The Balaban J connectivity index is 1.58. The van der Waals surface area contributed by atoms with Gasteiger partial charge in [0.25, 0.3) is 0 Å². The van der Waals surface area contributed by atoms with Crippen LogP contribution < -0.4 is 10.5 Å². The van der Waals surface area contributed by atoms with Gasteiger partial charge in [-0.1, -0.05) is 29.8 Å². The van der Waals surface area contributed by atoms with E-state index in [1.807, 2.05) is 18.2 Å². The quantitative estimate of drug-likeness (QED) is 0.918. The van der Waals surface area contributed by atoms with Crippen LogP contribution in [-0.4, -0.2) is 22.8 Å². The van der Waals surface area contributed by atoms with Gasteiger partial charge in [-0.15, -0.1) is 0 Å². The molecule has 1 aromatic heterocycles. The third kappa shape index (κ3) is 2.31.